The minimum absolute atomic E-state index is 0.305. The molecule has 23 heavy (non-hydrogen) atoms. The van der Waals surface area contributed by atoms with Crippen LogP contribution in [0.1, 0.15) is 23.5 Å². The van der Waals surface area contributed by atoms with Crippen LogP contribution in [-0.4, -0.2) is 22.7 Å². The first-order valence-electron chi connectivity index (χ1n) is 7.14. The van der Waals surface area contributed by atoms with E-state index >= 15 is 0 Å². The zero-order valence-electron chi connectivity index (χ0n) is 12.4. The molecule has 2 N–H and O–H groups in total. The number of carbonyl (C=O) groups excluding carboxylic acids is 1. The summed E-state index contributed by atoms with van der Waals surface area (Å²) in [7, 11) is 0. The summed E-state index contributed by atoms with van der Waals surface area (Å²) in [5.74, 6) is -0.381. The van der Waals surface area contributed by atoms with E-state index in [1.165, 1.54) is 11.3 Å². The Morgan fingerprint density at radius 3 is 2.83 bits per heavy atom. The number of hydrogen-bond acceptors (Lipinski definition) is 5. The highest BCUT2D eigenvalue weighted by Gasteiger charge is 2.34. The second-order valence-electron chi connectivity index (χ2n) is 4.78. The largest absolute Gasteiger partial charge is 0.463 e. The van der Waals surface area contributed by atoms with Crippen LogP contribution in [0.4, 0.5) is 0 Å². The summed E-state index contributed by atoms with van der Waals surface area (Å²) in [6, 6.07) is 9.18. The molecule has 2 aromatic rings. The van der Waals surface area contributed by atoms with E-state index in [0.717, 1.165) is 10.6 Å². The van der Waals surface area contributed by atoms with E-state index in [2.05, 4.69) is 15.6 Å². The van der Waals surface area contributed by atoms with Gasteiger partial charge in [-0.25, -0.2) is 9.78 Å². The molecular formula is C16H15N3O2S2. The normalized spacial score (nSPS) is 17.4. The number of thiazole rings is 1. The number of benzene rings is 1. The summed E-state index contributed by atoms with van der Waals surface area (Å²) in [6.07, 6.45) is 1.71. The molecule has 0 fully saturated rings. The van der Waals surface area contributed by atoms with Crippen molar-refractivity contribution in [3.63, 3.8) is 0 Å². The molecule has 1 atom stereocenters. The van der Waals surface area contributed by atoms with E-state index in [9.17, 15) is 4.79 Å². The van der Waals surface area contributed by atoms with Gasteiger partial charge in [0, 0.05) is 11.6 Å². The summed E-state index contributed by atoms with van der Waals surface area (Å²) in [6.45, 7) is 2.09. The molecule has 1 aromatic heterocycles. The third kappa shape index (κ3) is 3.25. The van der Waals surface area contributed by atoms with Crippen molar-refractivity contribution in [2.24, 2.45) is 0 Å². The van der Waals surface area contributed by atoms with Crippen LogP contribution in [0.15, 0.2) is 47.5 Å². The number of ether oxygens (including phenoxy) is 1. The highest BCUT2D eigenvalue weighted by molar-refractivity contribution is 7.80. The third-order valence-electron chi connectivity index (χ3n) is 3.33. The average molecular weight is 345 g/mol. The molecule has 0 radical (unpaired) electrons. The Balaban J connectivity index is 2.15. The first-order chi connectivity index (χ1) is 11.2. The quantitative estimate of drug-likeness (QED) is 0.656. The van der Waals surface area contributed by atoms with Gasteiger partial charge >= 0.3 is 5.97 Å². The lowest BCUT2D eigenvalue weighted by Crippen LogP contribution is -2.45. The Morgan fingerprint density at radius 2 is 2.17 bits per heavy atom. The number of aromatic nitrogens is 1. The van der Waals surface area contributed by atoms with E-state index in [4.69, 9.17) is 17.0 Å². The number of hydrogen-bond donors (Lipinski definition) is 2. The molecule has 3 rings (SSSR count). The van der Waals surface area contributed by atoms with Crippen LogP contribution in [-0.2, 0) is 9.53 Å². The highest BCUT2D eigenvalue weighted by atomic mass is 32.1. The molecule has 0 amide bonds. The number of esters is 1. The van der Waals surface area contributed by atoms with Gasteiger partial charge in [0.2, 0.25) is 0 Å². The van der Waals surface area contributed by atoms with Crippen molar-refractivity contribution in [2.75, 3.05) is 6.61 Å². The second-order valence-corrected chi connectivity index (χ2v) is 6.11. The maximum absolute atomic E-state index is 12.6. The van der Waals surface area contributed by atoms with Gasteiger partial charge in [0.05, 0.1) is 17.9 Å². The number of rotatable bonds is 4. The topological polar surface area (TPSA) is 63.2 Å². The molecule has 0 saturated heterocycles. The zero-order chi connectivity index (χ0) is 16.2. The molecular weight excluding hydrogens is 330 g/mol. The molecule has 2 heterocycles. The van der Waals surface area contributed by atoms with Gasteiger partial charge in [0.25, 0.3) is 0 Å². The first kappa shape index (κ1) is 15.6. The lowest BCUT2D eigenvalue weighted by molar-refractivity contribution is -0.138. The van der Waals surface area contributed by atoms with Crippen molar-refractivity contribution in [2.45, 2.75) is 13.0 Å². The van der Waals surface area contributed by atoms with Gasteiger partial charge in [-0.1, -0.05) is 30.3 Å². The van der Waals surface area contributed by atoms with Crippen LogP contribution in [0.25, 0.3) is 5.70 Å². The average Bonchev–Trinajstić information content (AvgIpc) is 3.09. The Hall–Kier alpha value is -2.25. The van der Waals surface area contributed by atoms with Crippen molar-refractivity contribution in [1.29, 1.82) is 0 Å². The lowest BCUT2D eigenvalue weighted by Gasteiger charge is -2.29. The molecule has 118 valence electrons. The standard InChI is InChI=1S/C16H15N3O2S2/c1-2-21-15(20)11-12(10-6-4-3-5-7-10)18-16(22)19-13(11)14-17-8-9-23-14/h3-9,13H,2H2,1H3,(H2,18,19,22). The van der Waals surface area contributed by atoms with E-state index in [1.807, 2.05) is 35.7 Å². The number of carbonyl (C=O) groups is 1. The van der Waals surface area contributed by atoms with Crippen LogP contribution >= 0.6 is 23.6 Å². The minimum Gasteiger partial charge on any atom is -0.463 e. The number of nitrogens with zero attached hydrogens (tertiary/aromatic N) is 1. The van der Waals surface area contributed by atoms with E-state index < -0.39 is 6.04 Å². The first-order valence-corrected chi connectivity index (χ1v) is 8.43. The molecule has 7 heteroatoms. The fraction of sp³-hybridized carbons (Fsp3) is 0.188. The maximum Gasteiger partial charge on any atom is 0.338 e. The Bertz CT molecular complexity index is 742. The summed E-state index contributed by atoms with van der Waals surface area (Å²) in [5, 5.41) is 9.30. The van der Waals surface area contributed by atoms with Crippen LogP contribution in [0.3, 0.4) is 0 Å². The minimum atomic E-state index is -0.419. The van der Waals surface area contributed by atoms with Crippen molar-refractivity contribution in [3.05, 3.63) is 58.1 Å². The summed E-state index contributed by atoms with van der Waals surface area (Å²) < 4.78 is 5.25. The predicted molar refractivity (Wildman–Crippen MR) is 93.7 cm³/mol. The van der Waals surface area contributed by atoms with E-state index in [-0.39, 0.29) is 5.97 Å². The van der Waals surface area contributed by atoms with Crippen molar-refractivity contribution >= 4 is 40.3 Å². The van der Waals surface area contributed by atoms with Crippen LogP contribution in [0.5, 0.6) is 0 Å². The van der Waals surface area contributed by atoms with Crippen molar-refractivity contribution in [3.8, 4) is 0 Å². The summed E-state index contributed by atoms with van der Waals surface area (Å²) in [5.41, 5.74) is 2.02. The maximum atomic E-state index is 12.6. The number of nitrogens with one attached hydrogen (secondary N) is 2. The van der Waals surface area contributed by atoms with Gasteiger partial charge in [-0.15, -0.1) is 11.3 Å². The highest BCUT2D eigenvalue weighted by Crippen LogP contribution is 2.32. The lowest BCUT2D eigenvalue weighted by atomic mass is 9.98. The molecule has 0 spiro atoms. The molecule has 0 saturated carbocycles. The Morgan fingerprint density at radius 1 is 1.39 bits per heavy atom. The number of thiocarbonyl (C=S) groups is 1. The second kappa shape index (κ2) is 6.89. The molecule has 1 aliphatic rings. The smallest absolute Gasteiger partial charge is 0.338 e. The van der Waals surface area contributed by atoms with E-state index in [0.29, 0.717) is 23.0 Å². The molecule has 5 nitrogen and oxygen atoms in total. The van der Waals surface area contributed by atoms with Gasteiger partial charge in [0.1, 0.15) is 11.0 Å². The predicted octanol–water partition coefficient (Wildman–Crippen LogP) is 2.64. The van der Waals surface area contributed by atoms with Crippen molar-refractivity contribution < 1.29 is 9.53 Å². The van der Waals surface area contributed by atoms with Crippen LogP contribution in [0, 0.1) is 0 Å². The fourth-order valence-electron chi connectivity index (χ4n) is 2.39. The monoisotopic (exact) mass is 345 g/mol. The molecule has 1 aromatic carbocycles. The zero-order valence-corrected chi connectivity index (χ0v) is 14.0. The fourth-order valence-corrected chi connectivity index (χ4v) is 3.30. The molecule has 1 unspecified atom stereocenters. The Kier molecular flexibility index (Phi) is 4.68. The molecule has 0 bridgehead atoms. The summed E-state index contributed by atoms with van der Waals surface area (Å²) >= 11 is 6.77. The van der Waals surface area contributed by atoms with Crippen LogP contribution in [0.2, 0.25) is 0 Å². The van der Waals surface area contributed by atoms with Crippen molar-refractivity contribution in [1.82, 2.24) is 15.6 Å². The Labute approximate surface area is 143 Å². The third-order valence-corrected chi connectivity index (χ3v) is 4.39. The summed E-state index contributed by atoms with van der Waals surface area (Å²) in [4.78, 5) is 16.9. The van der Waals surface area contributed by atoms with Crippen LogP contribution < -0.4 is 10.6 Å². The SMILES string of the molecule is CCOC(=O)C1=C(c2ccccc2)NC(=S)NC1c1nccs1. The van der Waals surface area contributed by atoms with Gasteiger partial charge in [-0.3, -0.25) is 0 Å². The van der Waals surface area contributed by atoms with Gasteiger partial charge in [0.15, 0.2) is 5.11 Å². The molecule has 0 aliphatic carbocycles. The molecule has 1 aliphatic heterocycles. The van der Waals surface area contributed by atoms with Gasteiger partial charge in [-0.05, 0) is 24.7 Å². The van der Waals surface area contributed by atoms with Gasteiger partial charge in [-0.2, -0.15) is 0 Å². The van der Waals surface area contributed by atoms with E-state index in [1.54, 1.807) is 13.1 Å². The van der Waals surface area contributed by atoms with Gasteiger partial charge < -0.3 is 15.4 Å².